The van der Waals surface area contributed by atoms with Crippen molar-refractivity contribution in [3.8, 4) is 0 Å². The van der Waals surface area contributed by atoms with Gasteiger partial charge in [-0.3, -0.25) is 4.98 Å². The fraction of sp³-hybridized carbons (Fsp3) is 0.478. The average Bonchev–Trinajstić information content (AvgIpc) is 3.48. The van der Waals surface area contributed by atoms with E-state index in [0.717, 1.165) is 59.4 Å². The van der Waals surface area contributed by atoms with Crippen LogP contribution in [0.4, 0.5) is 10.6 Å². The summed E-state index contributed by atoms with van der Waals surface area (Å²) >= 11 is 3.58. The van der Waals surface area contributed by atoms with E-state index in [1.165, 1.54) is 12.8 Å². The number of nitrogens with zero attached hydrogens (tertiary/aromatic N) is 5. The van der Waals surface area contributed by atoms with Crippen molar-refractivity contribution >= 4 is 33.4 Å². The van der Waals surface area contributed by atoms with Gasteiger partial charge in [0, 0.05) is 50.1 Å². The van der Waals surface area contributed by atoms with E-state index in [1.54, 1.807) is 12.4 Å². The topological polar surface area (TPSA) is 87.5 Å². The van der Waals surface area contributed by atoms with Gasteiger partial charge in [-0.2, -0.15) is 9.61 Å². The minimum absolute atomic E-state index is 0.0723. The molecule has 9 heteroatoms. The monoisotopic (exact) mass is 497 g/mol. The number of hydrogen-bond acceptors (Lipinski definition) is 5. The van der Waals surface area contributed by atoms with Crippen molar-refractivity contribution in [2.24, 2.45) is 0 Å². The van der Waals surface area contributed by atoms with Gasteiger partial charge in [0.15, 0.2) is 5.65 Å². The number of fused-ring (bicyclic) bond motifs is 1. The van der Waals surface area contributed by atoms with Crippen molar-refractivity contribution < 1.29 is 4.79 Å². The van der Waals surface area contributed by atoms with E-state index < -0.39 is 0 Å². The quantitative estimate of drug-likeness (QED) is 0.547. The lowest BCUT2D eigenvalue weighted by molar-refractivity contribution is 0.175. The number of halogens is 1. The lowest BCUT2D eigenvalue weighted by Crippen LogP contribution is -2.47. The highest BCUT2D eigenvalue weighted by molar-refractivity contribution is 9.10. The summed E-state index contributed by atoms with van der Waals surface area (Å²) < 4.78 is 2.67. The van der Waals surface area contributed by atoms with Crippen LogP contribution in [0.15, 0.2) is 41.3 Å². The Labute approximate surface area is 195 Å². The number of carbonyl (C=O) groups is 1. The van der Waals surface area contributed by atoms with E-state index >= 15 is 0 Å². The smallest absolute Gasteiger partial charge is 0.317 e. The predicted molar refractivity (Wildman–Crippen MR) is 127 cm³/mol. The molecule has 0 spiro atoms. The van der Waals surface area contributed by atoms with E-state index in [2.05, 4.69) is 42.7 Å². The van der Waals surface area contributed by atoms with Gasteiger partial charge in [0.05, 0.1) is 16.4 Å². The normalized spacial score (nSPS) is 19.4. The number of carbonyl (C=O) groups excluding carboxylic acids is 1. The Morgan fingerprint density at radius 3 is 2.88 bits per heavy atom. The zero-order valence-corrected chi connectivity index (χ0v) is 19.6. The molecule has 2 aliphatic rings. The highest BCUT2D eigenvalue weighted by Crippen LogP contribution is 2.30. The van der Waals surface area contributed by atoms with Crippen LogP contribution in [-0.4, -0.2) is 49.6 Å². The summed E-state index contributed by atoms with van der Waals surface area (Å²) in [6.45, 7) is 2.14. The SMILES string of the molecule is O=C(NC1CCCC1)N1CCCC(c2cc(NCc3cccnc3)n3ncc(Br)c3n2)C1. The van der Waals surface area contributed by atoms with Crippen LogP contribution < -0.4 is 10.6 Å². The Balaban J connectivity index is 1.35. The third-order valence-corrected chi connectivity index (χ3v) is 7.01. The van der Waals surface area contributed by atoms with Gasteiger partial charge in [0.2, 0.25) is 0 Å². The Hall–Kier alpha value is -2.68. The summed E-state index contributed by atoms with van der Waals surface area (Å²) in [5.74, 6) is 1.08. The fourth-order valence-electron chi connectivity index (χ4n) is 4.72. The van der Waals surface area contributed by atoms with Crippen molar-refractivity contribution in [1.82, 2.24) is 29.8 Å². The first-order valence-electron chi connectivity index (χ1n) is 11.4. The van der Waals surface area contributed by atoms with E-state index in [9.17, 15) is 4.79 Å². The maximum Gasteiger partial charge on any atom is 0.317 e. The van der Waals surface area contributed by atoms with Crippen LogP contribution in [0.25, 0.3) is 5.65 Å². The molecule has 1 atom stereocenters. The summed E-state index contributed by atoms with van der Waals surface area (Å²) in [6, 6.07) is 6.46. The molecule has 1 unspecified atom stereocenters. The van der Waals surface area contributed by atoms with Gasteiger partial charge in [-0.15, -0.1) is 0 Å². The molecular formula is C23H28BrN7O. The molecule has 1 saturated heterocycles. The minimum Gasteiger partial charge on any atom is -0.366 e. The standard InChI is InChI=1S/C23H28BrN7O/c24-19-14-27-31-21(26-13-16-5-3-9-25-12-16)11-20(29-22(19)31)17-6-4-10-30(15-17)23(32)28-18-7-1-2-8-18/h3,5,9,11-12,14,17-18,26H,1-2,4,6-8,10,13,15H2,(H,28,32). The second kappa shape index (κ2) is 9.44. The minimum atomic E-state index is 0.0723. The number of urea groups is 1. The fourth-order valence-corrected chi connectivity index (χ4v) is 5.07. The Morgan fingerprint density at radius 1 is 1.19 bits per heavy atom. The van der Waals surface area contributed by atoms with Crippen molar-refractivity contribution in [2.45, 2.75) is 57.0 Å². The molecular weight excluding hydrogens is 470 g/mol. The van der Waals surface area contributed by atoms with Gasteiger partial charge in [0.25, 0.3) is 0 Å². The van der Waals surface area contributed by atoms with Crippen LogP contribution in [0, 0.1) is 0 Å². The van der Waals surface area contributed by atoms with Crippen molar-refractivity contribution in [3.63, 3.8) is 0 Å². The van der Waals surface area contributed by atoms with Crippen LogP contribution in [0.2, 0.25) is 0 Å². The van der Waals surface area contributed by atoms with Crippen LogP contribution >= 0.6 is 15.9 Å². The predicted octanol–water partition coefficient (Wildman–Crippen LogP) is 4.33. The third-order valence-electron chi connectivity index (χ3n) is 6.45. The van der Waals surface area contributed by atoms with Crippen molar-refractivity contribution in [2.75, 3.05) is 18.4 Å². The first-order chi connectivity index (χ1) is 15.7. The summed E-state index contributed by atoms with van der Waals surface area (Å²) in [6.07, 6.45) is 12.0. The molecule has 3 aromatic heterocycles. The summed E-state index contributed by atoms with van der Waals surface area (Å²) in [4.78, 5) is 23.9. The first-order valence-corrected chi connectivity index (χ1v) is 12.2. The summed E-state index contributed by atoms with van der Waals surface area (Å²) in [7, 11) is 0. The molecule has 1 aliphatic carbocycles. The van der Waals surface area contributed by atoms with E-state index in [1.807, 2.05) is 27.7 Å². The van der Waals surface area contributed by atoms with Crippen molar-refractivity contribution in [3.05, 3.63) is 52.5 Å². The van der Waals surface area contributed by atoms with Gasteiger partial charge in [-0.25, -0.2) is 9.78 Å². The van der Waals surface area contributed by atoms with Gasteiger partial charge >= 0.3 is 6.03 Å². The molecule has 5 rings (SSSR count). The number of nitrogens with one attached hydrogen (secondary N) is 2. The molecule has 3 aromatic rings. The molecule has 168 valence electrons. The Bertz CT molecular complexity index is 1080. The Kier molecular flexibility index (Phi) is 6.25. The second-order valence-electron chi connectivity index (χ2n) is 8.73. The second-order valence-corrected chi connectivity index (χ2v) is 9.58. The highest BCUT2D eigenvalue weighted by atomic mass is 79.9. The number of aromatic nitrogens is 4. The van der Waals surface area contributed by atoms with E-state index in [-0.39, 0.29) is 11.9 Å². The number of amides is 2. The molecule has 1 saturated carbocycles. The maximum atomic E-state index is 12.8. The molecule has 2 amide bonds. The molecule has 0 aromatic carbocycles. The number of pyridine rings is 1. The van der Waals surface area contributed by atoms with E-state index in [4.69, 9.17) is 4.98 Å². The first kappa shape index (κ1) is 21.2. The van der Waals surface area contributed by atoms with Gasteiger partial charge in [0.1, 0.15) is 5.82 Å². The molecule has 4 heterocycles. The number of piperidine rings is 1. The van der Waals surface area contributed by atoms with Gasteiger partial charge in [-0.05, 0) is 53.2 Å². The van der Waals surface area contributed by atoms with Crippen LogP contribution in [0.3, 0.4) is 0 Å². The molecule has 2 fully saturated rings. The summed E-state index contributed by atoms with van der Waals surface area (Å²) in [5, 5.41) is 11.2. The zero-order chi connectivity index (χ0) is 21.9. The lowest BCUT2D eigenvalue weighted by Gasteiger charge is -2.33. The number of rotatable bonds is 5. The summed E-state index contributed by atoms with van der Waals surface area (Å²) in [5.41, 5.74) is 2.87. The van der Waals surface area contributed by atoms with Gasteiger partial charge in [-0.1, -0.05) is 18.9 Å². The number of hydrogen-bond donors (Lipinski definition) is 2. The highest BCUT2D eigenvalue weighted by Gasteiger charge is 2.28. The van der Waals surface area contributed by atoms with Crippen LogP contribution in [0.1, 0.15) is 55.7 Å². The molecule has 0 bridgehead atoms. The van der Waals surface area contributed by atoms with Crippen LogP contribution in [-0.2, 0) is 6.54 Å². The van der Waals surface area contributed by atoms with Crippen molar-refractivity contribution in [1.29, 1.82) is 0 Å². The number of likely N-dealkylation sites (tertiary alicyclic amines) is 1. The molecule has 1 aliphatic heterocycles. The van der Waals surface area contributed by atoms with Gasteiger partial charge < -0.3 is 15.5 Å². The molecule has 2 N–H and O–H groups in total. The average molecular weight is 498 g/mol. The molecule has 0 radical (unpaired) electrons. The molecule has 8 nitrogen and oxygen atoms in total. The third kappa shape index (κ3) is 4.57. The lowest BCUT2D eigenvalue weighted by atomic mass is 9.94. The zero-order valence-electron chi connectivity index (χ0n) is 18.0. The Morgan fingerprint density at radius 2 is 2.06 bits per heavy atom. The number of anilines is 1. The van der Waals surface area contributed by atoms with Crippen LogP contribution in [0.5, 0.6) is 0 Å². The largest absolute Gasteiger partial charge is 0.366 e. The molecule has 32 heavy (non-hydrogen) atoms. The van der Waals surface area contributed by atoms with E-state index in [0.29, 0.717) is 19.1 Å². The maximum absolute atomic E-state index is 12.8.